The van der Waals surface area contributed by atoms with Crippen molar-refractivity contribution in [2.45, 2.75) is 50.5 Å². The van der Waals surface area contributed by atoms with Crippen LogP contribution in [0.4, 0.5) is 0 Å². The molecule has 4 aromatic rings. The summed E-state index contributed by atoms with van der Waals surface area (Å²) in [6.45, 7) is 11.5. The number of halogens is 1. The van der Waals surface area contributed by atoms with Gasteiger partial charge in [-0.1, -0.05) is 112 Å². The van der Waals surface area contributed by atoms with Crippen LogP contribution in [0, 0.1) is 3.83 Å². The Morgan fingerprint density at radius 1 is 0.765 bits per heavy atom. The van der Waals surface area contributed by atoms with E-state index in [-0.39, 0.29) is 11.3 Å². The van der Waals surface area contributed by atoms with Crippen molar-refractivity contribution >= 4 is 30.9 Å². The summed E-state index contributed by atoms with van der Waals surface area (Å²) < 4.78 is 10.5. The third kappa shape index (κ3) is 4.53. The number of rotatable bonds is 7. The second-order valence-corrected chi connectivity index (χ2v) is 16.0. The highest BCUT2D eigenvalue weighted by Gasteiger charge is 2.50. The first kappa shape index (κ1) is 24.9. The van der Waals surface area contributed by atoms with Gasteiger partial charge in [-0.15, -0.1) is 0 Å². The maximum atomic E-state index is 7.41. The molecule has 0 saturated heterocycles. The van der Waals surface area contributed by atoms with E-state index < -0.39 is 13.7 Å². The highest BCUT2D eigenvalue weighted by atomic mass is 127. The number of hydrogen-bond acceptors (Lipinski definition) is 2. The van der Waals surface area contributed by atoms with Crippen LogP contribution in [-0.4, -0.2) is 17.9 Å². The summed E-state index contributed by atoms with van der Waals surface area (Å²) >= 11 is 2.33. The Hall–Kier alpha value is -2.22. The number of hydrogen-bond donors (Lipinski definition) is 0. The molecule has 1 unspecified atom stereocenters. The maximum absolute atomic E-state index is 7.41. The van der Waals surface area contributed by atoms with Crippen molar-refractivity contribution in [3.8, 4) is 0 Å². The van der Waals surface area contributed by atoms with E-state index in [1.807, 2.05) is 6.20 Å². The fraction of sp³-hybridized carbons (Fsp3) is 0.276. The van der Waals surface area contributed by atoms with Gasteiger partial charge in [0.2, 0.25) is 0 Å². The standard InChI is InChI=1S/C29H33IN2OSi/c1-28(2,3)34(4,5)33-26(32-22-21-31-27(32)30)29(23-15-9-6-10-16-23,24-17-11-7-12-18-24)25-19-13-8-14-20-25/h6-22,26H,1-5H3. The van der Waals surface area contributed by atoms with Gasteiger partial charge in [0.1, 0.15) is 6.23 Å². The van der Waals surface area contributed by atoms with E-state index in [1.165, 1.54) is 16.7 Å². The van der Waals surface area contributed by atoms with E-state index in [0.717, 1.165) is 3.83 Å². The zero-order valence-electron chi connectivity index (χ0n) is 20.6. The van der Waals surface area contributed by atoms with Crippen LogP contribution in [0.1, 0.15) is 43.7 Å². The minimum Gasteiger partial charge on any atom is -0.395 e. The molecule has 1 heterocycles. The average molecular weight is 581 g/mol. The SMILES string of the molecule is CC(C)(C)[Si](C)(C)OC(n1ccnc1I)C(c1ccccc1)(c1ccccc1)c1ccccc1. The molecule has 1 atom stereocenters. The zero-order valence-corrected chi connectivity index (χ0v) is 23.7. The fourth-order valence-electron chi connectivity index (χ4n) is 4.31. The van der Waals surface area contributed by atoms with Crippen LogP contribution in [0.25, 0.3) is 0 Å². The lowest BCUT2D eigenvalue weighted by Crippen LogP contribution is -2.50. The third-order valence-corrected chi connectivity index (χ3v) is 12.4. The van der Waals surface area contributed by atoms with Crippen molar-refractivity contribution in [1.82, 2.24) is 9.55 Å². The van der Waals surface area contributed by atoms with Crippen molar-refractivity contribution in [2.75, 3.05) is 0 Å². The van der Waals surface area contributed by atoms with E-state index in [2.05, 4.69) is 163 Å². The van der Waals surface area contributed by atoms with Crippen molar-refractivity contribution in [1.29, 1.82) is 0 Å². The van der Waals surface area contributed by atoms with E-state index >= 15 is 0 Å². The number of aromatic nitrogens is 2. The summed E-state index contributed by atoms with van der Waals surface area (Å²) in [4.78, 5) is 4.61. The normalized spacial score (nSPS) is 13.6. The smallest absolute Gasteiger partial charge is 0.194 e. The predicted octanol–water partition coefficient (Wildman–Crippen LogP) is 8.04. The Kier molecular flexibility index (Phi) is 7.17. The number of imidazole rings is 1. The van der Waals surface area contributed by atoms with Gasteiger partial charge in [-0.3, -0.25) is 4.57 Å². The van der Waals surface area contributed by atoms with Gasteiger partial charge in [-0.2, -0.15) is 0 Å². The van der Waals surface area contributed by atoms with Crippen LogP contribution in [-0.2, 0) is 9.84 Å². The predicted molar refractivity (Wildman–Crippen MR) is 151 cm³/mol. The molecule has 176 valence electrons. The molecule has 0 aliphatic rings. The molecular weight excluding hydrogens is 547 g/mol. The van der Waals surface area contributed by atoms with Crippen LogP contribution in [0.3, 0.4) is 0 Å². The third-order valence-electron chi connectivity index (χ3n) is 7.14. The minimum absolute atomic E-state index is 0.0487. The summed E-state index contributed by atoms with van der Waals surface area (Å²) in [5, 5.41) is 0.0487. The molecule has 0 aliphatic carbocycles. The van der Waals surface area contributed by atoms with Gasteiger partial charge in [-0.05, 0) is 34.8 Å². The molecule has 0 fully saturated rings. The summed E-state index contributed by atoms with van der Waals surface area (Å²) in [6, 6.07) is 32.3. The minimum atomic E-state index is -2.21. The maximum Gasteiger partial charge on any atom is 0.194 e. The van der Waals surface area contributed by atoms with Crippen molar-refractivity contribution in [3.05, 3.63) is 124 Å². The van der Waals surface area contributed by atoms with Gasteiger partial charge >= 0.3 is 0 Å². The quantitative estimate of drug-likeness (QED) is 0.126. The molecule has 3 aromatic carbocycles. The highest BCUT2D eigenvalue weighted by molar-refractivity contribution is 14.1. The molecule has 0 aliphatic heterocycles. The van der Waals surface area contributed by atoms with E-state index in [0.29, 0.717) is 0 Å². The number of benzene rings is 3. The monoisotopic (exact) mass is 580 g/mol. The van der Waals surface area contributed by atoms with Crippen molar-refractivity contribution in [3.63, 3.8) is 0 Å². The first-order valence-corrected chi connectivity index (χ1v) is 15.7. The van der Waals surface area contributed by atoms with Crippen molar-refractivity contribution < 1.29 is 4.43 Å². The van der Waals surface area contributed by atoms with Gasteiger partial charge in [0, 0.05) is 35.0 Å². The summed E-state index contributed by atoms with van der Waals surface area (Å²) in [6.07, 6.45) is 3.61. The Balaban J connectivity index is 2.13. The highest BCUT2D eigenvalue weighted by Crippen LogP contribution is 2.51. The largest absolute Gasteiger partial charge is 0.395 e. The molecule has 5 heteroatoms. The van der Waals surface area contributed by atoms with Gasteiger partial charge < -0.3 is 4.43 Å². The van der Waals surface area contributed by atoms with Gasteiger partial charge in [0.25, 0.3) is 0 Å². The van der Waals surface area contributed by atoms with Crippen LogP contribution >= 0.6 is 22.6 Å². The van der Waals surface area contributed by atoms with Crippen LogP contribution < -0.4 is 0 Å². The topological polar surface area (TPSA) is 27.1 Å². The van der Waals surface area contributed by atoms with E-state index in [9.17, 15) is 0 Å². The lowest BCUT2D eigenvalue weighted by molar-refractivity contribution is 0.0617. The first-order chi connectivity index (χ1) is 16.2. The molecule has 0 saturated carbocycles. The second kappa shape index (κ2) is 9.80. The van der Waals surface area contributed by atoms with E-state index in [1.54, 1.807) is 0 Å². The summed E-state index contributed by atoms with van der Waals surface area (Å²) in [7, 11) is -2.21. The Morgan fingerprint density at radius 3 is 1.50 bits per heavy atom. The molecule has 0 N–H and O–H groups in total. The molecular formula is C29H33IN2OSi. The fourth-order valence-corrected chi connectivity index (χ4v) is 6.09. The molecule has 0 radical (unpaired) electrons. The van der Waals surface area contributed by atoms with Crippen LogP contribution in [0.2, 0.25) is 18.1 Å². The second-order valence-electron chi connectivity index (χ2n) is 10.2. The number of nitrogens with zero attached hydrogens (tertiary/aromatic N) is 2. The van der Waals surface area contributed by atoms with E-state index in [4.69, 9.17) is 4.43 Å². The van der Waals surface area contributed by atoms with Crippen LogP contribution in [0.5, 0.6) is 0 Å². The molecule has 0 bridgehead atoms. The van der Waals surface area contributed by atoms with Crippen LogP contribution in [0.15, 0.2) is 103 Å². The van der Waals surface area contributed by atoms with Gasteiger partial charge in [0.05, 0.1) is 5.41 Å². The lowest BCUT2D eigenvalue weighted by atomic mass is 9.68. The lowest BCUT2D eigenvalue weighted by Gasteiger charge is -2.48. The van der Waals surface area contributed by atoms with Gasteiger partial charge in [-0.25, -0.2) is 4.98 Å². The first-order valence-electron chi connectivity index (χ1n) is 11.7. The Morgan fingerprint density at radius 2 is 1.18 bits per heavy atom. The summed E-state index contributed by atoms with van der Waals surface area (Å²) in [5.41, 5.74) is 3.00. The molecule has 34 heavy (non-hydrogen) atoms. The summed E-state index contributed by atoms with van der Waals surface area (Å²) in [5.74, 6) is 0. The molecule has 3 nitrogen and oxygen atoms in total. The molecule has 4 rings (SSSR count). The average Bonchev–Trinajstić information content (AvgIpc) is 3.26. The molecule has 1 aromatic heterocycles. The zero-order chi connectivity index (χ0) is 24.4. The molecule has 0 spiro atoms. The molecule has 0 amide bonds. The van der Waals surface area contributed by atoms with Crippen molar-refractivity contribution in [2.24, 2.45) is 0 Å². The Labute approximate surface area is 218 Å². The Bertz CT molecular complexity index is 1100. The van der Waals surface area contributed by atoms with Gasteiger partial charge in [0.15, 0.2) is 12.1 Å².